The van der Waals surface area contributed by atoms with Crippen LogP contribution in [0.4, 0.5) is 0 Å². The van der Waals surface area contributed by atoms with E-state index in [4.69, 9.17) is 4.98 Å². The molecule has 1 aromatic carbocycles. The van der Waals surface area contributed by atoms with Gasteiger partial charge < -0.3 is 5.11 Å². The summed E-state index contributed by atoms with van der Waals surface area (Å²) in [7, 11) is 0. The molecule has 2 N–H and O–H groups in total. The van der Waals surface area contributed by atoms with Crippen LogP contribution in [0.25, 0.3) is 22.2 Å². The Labute approximate surface area is 103 Å². The summed E-state index contributed by atoms with van der Waals surface area (Å²) in [6.45, 7) is 2.08. The first-order chi connectivity index (χ1) is 8.74. The first kappa shape index (κ1) is 9.65. The lowest BCUT2D eigenvalue weighted by Crippen LogP contribution is -1.93. The van der Waals surface area contributed by atoms with E-state index in [1.807, 2.05) is 12.3 Å². The van der Waals surface area contributed by atoms with Gasteiger partial charge in [0.25, 0.3) is 0 Å². The normalized spacial score (nSPS) is 12.7. The van der Waals surface area contributed by atoms with Crippen LogP contribution in [-0.4, -0.2) is 20.3 Å². The fraction of sp³-hybridized carbons (Fsp3) is 0.143. The van der Waals surface area contributed by atoms with Gasteiger partial charge in [-0.3, -0.25) is 5.10 Å². The van der Waals surface area contributed by atoms with E-state index in [1.165, 1.54) is 11.1 Å². The maximum Gasteiger partial charge on any atom is 0.116 e. The molecule has 0 saturated carbocycles. The first-order valence-electron chi connectivity index (χ1n) is 5.89. The predicted octanol–water partition coefficient (Wildman–Crippen LogP) is 2.54. The van der Waals surface area contributed by atoms with Crippen molar-refractivity contribution in [3.63, 3.8) is 0 Å². The van der Waals surface area contributed by atoms with E-state index >= 15 is 0 Å². The highest BCUT2D eigenvalue weighted by molar-refractivity contribution is 5.90. The van der Waals surface area contributed by atoms with Crippen molar-refractivity contribution in [2.45, 2.75) is 13.3 Å². The molecule has 0 radical (unpaired) electrons. The Morgan fingerprint density at radius 2 is 2.22 bits per heavy atom. The van der Waals surface area contributed by atoms with Gasteiger partial charge in [-0.15, -0.1) is 0 Å². The van der Waals surface area contributed by atoms with Crippen LogP contribution in [0.15, 0.2) is 24.4 Å². The standard InChI is InChI=1S/C14H11N3O/c1-7-9-4-8(18)2-3-12(9)16-14-10(7)5-13-11(14)6-15-17-13/h2-4,6,18H,5H2,1H3,(H,15,17). The third-order valence-electron chi connectivity index (χ3n) is 3.68. The van der Waals surface area contributed by atoms with E-state index in [1.54, 1.807) is 12.1 Å². The van der Waals surface area contributed by atoms with Crippen LogP contribution >= 0.6 is 0 Å². The van der Waals surface area contributed by atoms with Crippen LogP contribution in [0.1, 0.15) is 16.8 Å². The summed E-state index contributed by atoms with van der Waals surface area (Å²) in [5.41, 5.74) is 6.59. The molecule has 88 valence electrons. The topological polar surface area (TPSA) is 61.8 Å². The number of nitrogens with zero attached hydrogens (tertiary/aromatic N) is 2. The number of hydrogen-bond acceptors (Lipinski definition) is 3. The van der Waals surface area contributed by atoms with Gasteiger partial charge in [0.1, 0.15) is 5.75 Å². The van der Waals surface area contributed by atoms with Crippen LogP contribution in [0, 0.1) is 6.92 Å². The number of aryl methyl sites for hydroxylation is 1. The molecule has 0 saturated heterocycles. The molecule has 3 aromatic rings. The molecule has 2 aromatic heterocycles. The molecule has 1 aliphatic rings. The van der Waals surface area contributed by atoms with E-state index in [9.17, 15) is 5.11 Å². The van der Waals surface area contributed by atoms with E-state index in [2.05, 4.69) is 17.1 Å². The highest BCUT2D eigenvalue weighted by atomic mass is 16.3. The van der Waals surface area contributed by atoms with Crippen molar-refractivity contribution in [2.75, 3.05) is 0 Å². The second-order valence-corrected chi connectivity index (χ2v) is 4.70. The second kappa shape index (κ2) is 3.10. The summed E-state index contributed by atoms with van der Waals surface area (Å²) < 4.78 is 0. The largest absolute Gasteiger partial charge is 0.508 e. The molecule has 18 heavy (non-hydrogen) atoms. The van der Waals surface area contributed by atoms with Crippen molar-refractivity contribution in [3.8, 4) is 17.0 Å². The second-order valence-electron chi connectivity index (χ2n) is 4.70. The van der Waals surface area contributed by atoms with Crippen molar-refractivity contribution in [3.05, 3.63) is 41.2 Å². The lowest BCUT2D eigenvalue weighted by molar-refractivity contribution is 0.476. The summed E-state index contributed by atoms with van der Waals surface area (Å²) >= 11 is 0. The molecule has 0 unspecified atom stereocenters. The average molecular weight is 237 g/mol. The summed E-state index contributed by atoms with van der Waals surface area (Å²) in [6, 6.07) is 5.31. The molecule has 2 heterocycles. The summed E-state index contributed by atoms with van der Waals surface area (Å²) in [5, 5.41) is 17.7. The minimum atomic E-state index is 0.283. The van der Waals surface area contributed by atoms with Crippen molar-refractivity contribution < 1.29 is 5.11 Å². The lowest BCUT2D eigenvalue weighted by Gasteiger charge is -2.08. The third-order valence-corrected chi connectivity index (χ3v) is 3.68. The van der Waals surface area contributed by atoms with Crippen molar-refractivity contribution >= 4 is 10.9 Å². The highest BCUT2D eigenvalue weighted by Gasteiger charge is 2.24. The van der Waals surface area contributed by atoms with Crippen LogP contribution in [0.5, 0.6) is 5.75 Å². The van der Waals surface area contributed by atoms with Crippen LogP contribution in [0.3, 0.4) is 0 Å². The fourth-order valence-electron chi connectivity index (χ4n) is 2.72. The Balaban J connectivity index is 2.12. The molecule has 4 nitrogen and oxygen atoms in total. The zero-order valence-electron chi connectivity index (χ0n) is 9.86. The number of pyridine rings is 1. The number of phenolic OH excluding ortho intramolecular Hbond substituents is 1. The van der Waals surface area contributed by atoms with Crippen molar-refractivity contribution in [1.82, 2.24) is 15.2 Å². The molecule has 4 heteroatoms. The minimum absolute atomic E-state index is 0.283. The Kier molecular flexibility index (Phi) is 1.66. The number of nitrogens with one attached hydrogen (secondary N) is 1. The zero-order chi connectivity index (χ0) is 12.3. The number of rotatable bonds is 0. The van der Waals surface area contributed by atoms with Crippen molar-refractivity contribution in [1.29, 1.82) is 0 Å². The smallest absolute Gasteiger partial charge is 0.116 e. The summed E-state index contributed by atoms with van der Waals surface area (Å²) in [6.07, 6.45) is 2.68. The molecule has 1 aliphatic carbocycles. The number of aromatic hydroxyl groups is 1. The molecule has 0 spiro atoms. The van der Waals surface area contributed by atoms with Gasteiger partial charge in [0.05, 0.1) is 17.4 Å². The highest BCUT2D eigenvalue weighted by Crippen LogP contribution is 2.38. The van der Waals surface area contributed by atoms with Gasteiger partial charge in [-0.2, -0.15) is 5.10 Å². The quantitative estimate of drug-likeness (QED) is 0.494. The van der Waals surface area contributed by atoms with Crippen LogP contribution in [0.2, 0.25) is 0 Å². The molecular formula is C14H11N3O. The maximum atomic E-state index is 9.59. The number of hydrogen-bond donors (Lipinski definition) is 2. The SMILES string of the molecule is Cc1c2c(nc3ccc(O)cc13)-c1cn[nH]c1C2. The number of aromatic nitrogens is 3. The Bertz CT molecular complexity index is 789. The van der Waals surface area contributed by atoms with Gasteiger partial charge in [0.15, 0.2) is 0 Å². The fourth-order valence-corrected chi connectivity index (χ4v) is 2.72. The maximum absolute atomic E-state index is 9.59. The minimum Gasteiger partial charge on any atom is -0.508 e. The zero-order valence-corrected chi connectivity index (χ0v) is 9.86. The monoisotopic (exact) mass is 237 g/mol. The molecule has 4 rings (SSSR count). The van der Waals surface area contributed by atoms with Gasteiger partial charge in [-0.25, -0.2) is 4.98 Å². The molecule has 0 atom stereocenters. The number of H-pyrrole nitrogens is 1. The van der Waals surface area contributed by atoms with Crippen molar-refractivity contribution in [2.24, 2.45) is 0 Å². The van der Waals surface area contributed by atoms with E-state index < -0.39 is 0 Å². The number of phenols is 1. The molecule has 0 amide bonds. The average Bonchev–Trinajstić information content (AvgIpc) is 2.92. The number of benzene rings is 1. The molecule has 0 fully saturated rings. The third kappa shape index (κ3) is 1.09. The van der Waals surface area contributed by atoms with Crippen LogP contribution in [-0.2, 0) is 6.42 Å². The summed E-state index contributed by atoms with van der Waals surface area (Å²) in [5.74, 6) is 0.283. The number of aromatic amines is 1. The Morgan fingerprint density at radius 1 is 1.33 bits per heavy atom. The van der Waals surface area contributed by atoms with Crippen LogP contribution < -0.4 is 0 Å². The number of fused-ring (bicyclic) bond motifs is 4. The van der Waals surface area contributed by atoms with Gasteiger partial charge in [-0.05, 0) is 36.2 Å². The van der Waals surface area contributed by atoms with E-state index in [0.29, 0.717) is 0 Å². The van der Waals surface area contributed by atoms with E-state index in [-0.39, 0.29) is 5.75 Å². The van der Waals surface area contributed by atoms with Gasteiger partial charge in [0, 0.05) is 23.1 Å². The van der Waals surface area contributed by atoms with Gasteiger partial charge >= 0.3 is 0 Å². The molecule has 0 bridgehead atoms. The summed E-state index contributed by atoms with van der Waals surface area (Å²) in [4.78, 5) is 4.70. The predicted molar refractivity (Wildman–Crippen MR) is 68.5 cm³/mol. The lowest BCUT2D eigenvalue weighted by atomic mass is 10.0. The molecule has 0 aliphatic heterocycles. The van der Waals surface area contributed by atoms with Gasteiger partial charge in [0.2, 0.25) is 0 Å². The van der Waals surface area contributed by atoms with Gasteiger partial charge in [-0.1, -0.05) is 0 Å². The first-order valence-corrected chi connectivity index (χ1v) is 5.89. The van der Waals surface area contributed by atoms with E-state index in [0.717, 1.165) is 34.3 Å². The Morgan fingerprint density at radius 3 is 3.11 bits per heavy atom. The molecular weight excluding hydrogens is 226 g/mol. The Hall–Kier alpha value is -2.36.